The lowest BCUT2D eigenvalue weighted by Gasteiger charge is -2.14. The topological polar surface area (TPSA) is 46.5 Å². The van der Waals surface area contributed by atoms with E-state index in [0.717, 1.165) is 28.9 Å². The van der Waals surface area contributed by atoms with E-state index in [2.05, 4.69) is 43.5 Å². The Morgan fingerprint density at radius 3 is 3.10 bits per heavy atom. The van der Waals surface area contributed by atoms with Crippen molar-refractivity contribution in [3.05, 3.63) is 52.9 Å². The van der Waals surface area contributed by atoms with Crippen molar-refractivity contribution in [2.24, 2.45) is 5.16 Å². The Hall–Kier alpha value is -1.62. The van der Waals surface area contributed by atoms with Crippen LogP contribution in [-0.2, 0) is 4.84 Å². The Morgan fingerprint density at radius 2 is 2.35 bits per heavy atom. The number of hydrogen-bond acceptors (Lipinski definition) is 4. The summed E-state index contributed by atoms with van der Waals surface area (Å²) < 4.78 is 0.799. The van der Waals surface area contributed by atoms with Crippen LogP contribution in [0.3, 0.4) is 0 Å². The van der Waals surface area contributed by atoms with E-state index >= 15 is 0 Å². The van der Waals surface area contributed by atoms with Crippen LogP contribution in [0.15, 0.2) is 52.4 Å². The molecular weight excluding hydrogens is 318 g/mol. The van der Waals surface area contributed by atoms with Gasteiger partial charge >= 0.3 is 0 Å². The number of rotatable bonds is 6. The third-order valence-electron chi connectivity index (χ3n) is 2.90. The van der Waals surface area contributed by atoms with Gasteiger partial charge in [-0.15, -0.1) is 0 Å². The van der Waals surface area contributed by atoms with E-state index in [1.165, 1.54) is 0 Å². The van der Waals surface area contributed by atoms with Crippen LogP contribution in [0.1, 0.15) is 25.5 Å². The highest BCUT2D eigenvalue weighted by molar-refractivity contribution is 9.10. The van der Waals surface area contributed by atoms with Crippen molar-refractivity contribution in [1.82, 2.24) is 10.3 Å². The average molecular weight is 336 g/mol. The fraction of sp³-hybridized carbons (Fsp3) is 0.333. The summed E-state index contributed by atoms with van der Waals surface area (Å²) in [5.41, 5.74) is 1.60. The quantitative estimate of drug-likeness (QED) is 0.375. The predicted molar refractivity (Wildman–Crippen MR) is 84.5 cm³/mol. The molecule has 20 heavy (non-hydrogen) atoms. The Labute approximate surface area is 127 Å². The number of oxime groups is 1. The lowest BCUT2D eigenvalue weighted by Crippen LogP contribution is -2.23. The lowest BCUT2D eigenvalue weighted by atomic mass is 10.1. The van der Waals surface area contributed by atoms with Gasteiger partial charge < -0.3 is 10.2 Å². The number of dihydropyridines is 1. The van der Waals surface area contributed by atoms with E-state index in [-0.39, 0.29) is 0 Å². The number of nitrogens with one attached hydrogen (secondary N) is 1. The van der Waals surface area contributed by atoms with Crippen LogP contribution in [0.25, 0.3) is 0 Å². The summed E-state index contributed by atoms with van der Waals surface area (Å²) in [6.07, 6.45) is 10.2. The fourth-order valence-electron chi connectivity index (χ4n) is 1.83. The van der Waals surface area contributed by atoms with Gasteiger partial charge in [0, 0.05) is 6.04 Å². The molecular formula is C15H18BrN3O. The summed E-state index contributed by atoms with van der Waals surface area (Å²) in [5, 5.41) is 7.38. The molecule has 1 aliphatic heterocycles. The fourth-order valence-corrected chi connectivity index (χ4v) is 2.18. The Morgan fingerprint density at radius 1 is 1.45 bits per heavy atom. The molecule has 1 aliphatic rings. The monoisotopic (exact) mass is 335 g/mol. The minimum Gasteiger partial charge on any atom is -0.396 e. The highest BCUT2D eigenvalue weighted by atomic mass is 79.9. The standard InChI is InChI=1S/C15H18BrN3O/c1-12(14-8-4-9-15(16)18-14)19-20-11-5-7-13-6-2-3-10-17-13/h2-4,6,8-10,13,17H,5,7,11H2,1H3/b19-12+. The van der Waals surface area contributed by atoms with Gasteiger partial charge in [-0.05, 0) is 60.1 Å². The van der Waals surface area contributed by atoms with Crippen LogP contribution in [0.2, 0.25) is 0 Å². The zero-order valence-corrected chi connectivity index (χ0v) is 13.0. The number of aromatic nitrogens is 1. The first-order chi connectivity index (χ1) is 9.75. The second-order valence-electron chi connectivity index (χ2n) is 4.51. The van der Waals surface area contributed by atoms with Gasteiger partial charge in [0.05, 0.1) is 5.69 Å². The highest BCUT2D eigenvalue weighted by Crippen LogP contribution is 2.08. The van der Waals surface area contributed by atoms with E-state index < -0.39 is 0 Å². The molecule has 0 aromatic carbocycles. The van der Waals surface area contributed by atoms with Crippen LogP contribution in [0.4, 0.5) is 0 Å². The van der Waals surface area contributed by atoms with Crippen molar-refractivity contribution >= 4 is 21.6 Å². The third-order valence-corrected chi connectivity index (χ3v) is 3.34. The van der Waals surface area contributed by atoms with Gasteiger partial charge in [0.1, 0.15) is 16.9 Å². The molecule has 0 saturated carbocycles. The Kier molecular flexibility index (Phi) is 5.80. The molecule has 1 N–H and O–H groups in total. The molecule has 4 nitrogen and oxygen atoms in total. The van der Waals surface area contributed by atoms with Crippen LogP contribution in [-0.4, -0.2) is 23.3 Å². The van der Waals surface area contributed by atoms with Crippen LogP contribution < -0.4 is 5.32 Å². The van der Waals surface area contributed by atoms with Gasteiger partial charge in [-0.1, -0.05) is 23.4 Å². The minimum absolute atomic E-state index is 0.403. The summed E-state index contributed by atoms with van der Waals surface area (Å²) in [5.74, 6) is 0. The molecule has 0 bridgehead atoms. The molecule has 0 aliphatic carbocycles. The van der Waals surface area contributed by atoms with Crippen LogP contribution >= 0.6 is 15.9 Å². The van der Waals surface area contributed by atoms with Crippen molar-refractivity contribution < 1.29 is 4.84 Å². The number of allylic oxidation sites excluding steroid dienone is 2. The van der Waals surface area contributed by atoms with E-state index in [0.29, 0.717) is 12.6 Å². The maximum atomic E-state index is 5.34. The van der Waals surface area contributed by atoms with Gasteiger partial charge in [-0.3, -0.25) is 0 Å². The van der Waals surface area contributed by atoms with Crippen LogP contribution in [0, 0.1) is 0 Å². The minimum atomic E-state index is 0.403. The first-order valence-corrected chi connectivity index (χ1v) is 7.44. The molecule has 106 valence electrons. The molecule has 1 atom stereocenters. The zero-order chi connectivity index (χ0) is 14.2. The molecule has 0 fully saturated rings. The first-order valence-electron chi connectivity index (χ1n) is 6.64. The number of nitrogens with zero attached hydrogens (tertiary/aromatic N) is 2. The van der Waals surface area contributed by atoms with E-state index in [9.17, 15) is 0 Å². The normalized spacial score (nSPS) is 17.9. The van der Waals surface area contributed by atoms with Crippen molar-refractivity contribution in [1.29, 1.82) is 0 Å². The molecule has 0 spiro atoms. The molecule has 0 radical (unpaired) electrons. The van der Waals surface area contributed by atoms with Gasteiger partial charge in [-0.25, -0.2) is 4.98 Å². The van der Waals surface area contributed by atoms with E-state index in [1.807, 2.05) is 37.4 Å². The second-order valence-corrected chi connectivity index (χ2v) is 5.33. The van der Waals surface area contributed by atoms with Gasteiger partial charge in [0.25, 0.3) is 0 Å². The molecule has 0 saturated heterocycles. The summed E-state index contributed by atoms with van der Waals surface area (Å²) in [6, 6.07) is 6.13. The van der Waals surface area contributed by atoms with E-state index in [4.69, 9.17) is 4.84 Å². The molecule has 1 aromatic rings. The number of hydrogen-bond donors (Lipinski definition) is 1. The van der Waals surface area contributed by atoms with Crippen LogP contribution in [0.5, 0.6) is 0 Å². The summed E-state index contributed by atoms with van der Waals surface area (Å²) in [6.45, 7) is 2.51. The second kappa shape index (κ2) is 7.85. The molecule has 0 amide bonds. The number of pyridine rings is 1. The molecule has 2 rings (SSSR count). The largest absolute Gasteiger partial charge is 0.396 e. The van der Waals surface area contributed by atoms with Crippen molar-refractivity contribution in [3.63, 3.8) is 0 Å². The van der Waals surface area contributed by atoms with E-state index in [1.54, 1.807) is 0 Å². The predicted octanol–water partition coefficient (Wildman–Crippen LogP) is 3.41. The van der Waals surface area contributed by atoms with Crippen molar-refractivity contribution in [2.75, 3.05) is 6.61 Å². The molecule has 2 heterocycles. The highest BCUT2D eigenvalue weighted by Gasteiger charge is 2.04. The summed E-state index contributed by atoms with van der Waals surface area (Å²) in [4.78, 5) is 9.67. The SMILES string of the molecule is C/C(=N\OCCCC1C=CC=CN1)c1cccc(Br)n1. The average Bonchev–Trinajstić information content (AvgIpc) is 2.48. The number of halogens is 1. The first kappa shape index (κ1) is 14.8. The van der Waals surface area contributed by atoms with Gasteiger partial charge in [-0.2, -0.15) is 0 Å². The van der Waals surface area contributed by atoms with Gasteiger partial charge in [0.15, 0.2) is 0 Å². The van der Waals surface area contributed by atoms with Crippen molar-refractivity contribution in [3.8, 4) is 0 Å². The summed E-state index contributed by atoms with van der Waals surface area (Å²) in [7, 11) is 0. The lowest BCUT2D eigenvalue weighted by molar-refractivity contribution is 0.139. The van der Waals surface area contributed by atoms with Gasteiger partial charge in [0.2, 0.25) is 0 Å². The summed E-state index contributed by atoms with van der Waals surface area (Å²) >= 11 is 3.34. The maximum Gasteiger partial charge on any atom is 0.117 e. The smallest absolute Gasteiger partial charge is 0.117 e. The maximum absolute atomic E-state index is 5.34. The van der Waals surface area contributed by atoms with Crippen molar-refractivity contribution in [2.45, 2.75) is 25.8 Å². The molecule has 1 aromatic heterocycles. The molecule has 5 heteroatoms. The third kappa shape index (κ3) is 4.81. The molecule has 1 unspecified atom stereocenters. The Bertz CT molecular complexity index is 526. The zero-order valence-electron chi connectivity index (χ0n) is 11.4. The Balaban J connectivity index is 1.70.